The summed E-state index contributed by atoms with van der Waals surface area (Å²) in [6, 6.07) is 15.3. The SMILES string of the molecule is COCOc1ccc(C2(C)CSc3cc(OCOC)ccc3C2CCCCCCCCCSCCOC(CC(C)(C)C)O[SiH](C)C)cc1. The fourth-order valence-corrected chi connectivity index (χ4v) is 9.37. The fraction of sp³-hybridized carbons (Fsp3) is 0.692. The third-order valence-corrected chi connectivity index (χ3v) is 12.2. The van der Waals surface area contributed by atoms with Crippen LogP contribution in [0.25, 0.3) is 0 Å². The average Bonchev–Trinajstić information content (AvgIpc) is 3.04. The van der Waals surface area contributed by atoms with Crippen LogP contribution in [0.1, 0.15) is 103 Å². The number of ether oxygens (including phenoxy) is 5. The highest BCUT2D eigenvalue weighted by atomic mass is 32.2. The van der Waals surface area contributed by atoms with Gasteiger partial charge in [-0.3, -0.25) is 0 Å². The van der Waals surface area contributed by atoms with Crippen LogP contribution in [-0.4, -0.2) is 67.0 Å². The minimum absolute atomic E-state index is 0.0335. The van der Waals surface area contributed by atoms with E-state index >= 15 is 0 Å². The first-order valence-corrected chi connectivity index (χ1v) is 22.9. The molecule has 3 rings (SSSR count). The summed E-state index contributed by atoms with van der Waals surface area (Å²) in [7, 11) is 2.20. The molecule has 0 spiro atoms. The quantitative estimate of drug-likeness (QED) is 0.0604. The Morgan fingerprint density at radius 3 is 2.12 bits per heavy atom. The van der Waals surface area contributed by atoms with E-state index in [0.717, 1.165) is 36.0 Å². The van der Waals surface area contributed by atoms with Crippen molar-refractivity contribution in [1.82, 2.24) is 0 Å². The highest BCUT2D eigenvalue weighted by Crippen LogP contribution is 2.52. The lowest BCUT2D eigenvalue weighted by Crippen LogP contribution is -2.36. The summed E-state index contributed by atoms with van der Waals surface area (Å²) < 4.78 is 33.9. The molecule has 0 saturated carbocycles. The first kappa shape index (κ1) is 41.2. The van der Waals surface area contributed by atoms with Gasteiger partial charge in [0.15, 0.2) is 22.6 Å². The molecule has 3 unspecified atom stereocenters. The largest absolute Gasteiger partial charge is 0.468 e. The Morgan fingerprint density at radius 2 is 1.48 bits per heavy atom. The molecular formula is C39H64O6S2Si. The first-order chi connectivity index (χ1) is 23.1. The second kappa shape index (κ2) is 21.9. The third-order valence-electron chi connectivity index (χ3n) is 8.87. The molecule has 2 aromatic rings. The van der Waals surface area contributed by atoms with Gasteiger partial charge in [0.05, 0.1) is 6.61 Å². The van der Waals surface area contributed by atoms with Crippen molar-refractivity contribution < 1.29 is 28.1 Å². The van der Waals surface area contributed by atoms with Crippen LogP contribution in [-0.2, 0) is 24.1 Å². The van der Waals surface area contributed by atoms with Crippen LogP contribution in [0.2, 0.25) is 13.1 Å². The number of thioether (sulfide) groups is 2. The summed E-state index contributed by atoms with van der Waals surface area (Å²) in [5, 5.41) is 0. The maximum Gasteiger partial charge on any atom is 0.188 e. The van der Waals surface area contributed by atoms with E-state index in [1.165, 1.54) is 73.1 Å². The van der Waals surface area contributed by atoms with Crippen molar-refractivity contribution in [2.24, 2.45) is 5.41 Å². The first-order valence-electron chi connectivity index (χ1n) is 18.0. The van der Waals surface area contributed by atoms with Crippen LogP contribution < -0.4 is 9.47 Å². The summed E-state index contributed by atoms with van der Waals surface area (Å²) in [4.78, 5) is 1.34. The van der Waals surface area contributed by atoms with Crippen LogP contribution in [0.4, 0.5) is 0 Å². The molecule has 0 fully saturated rings. The number of unbranched alkanes of at least 4 members (excludes halogenated alkanes) is 6. The third kappa shape index (κ3) is 14.6. The Balaban J connectivity index is 1.41. The van der Waals surface area contributed by atoms with E-state index in [1.54, 1.807) is 14.2 Å². The van der Waals surface area contributed by atoms with Gasteiger partial charge in [0.2, 0.25) is 0 Å². The van der Waals surface area contributed by atoms with Crippen molar-refractivity contribution in [2.75, 3.05) is 51.7 Å². The Morgan fingerprint density at radius 1 is 0.854 bits per heavy atom. The number of benzene rings is 2. The molecule has 272 valence electrons. The molecule has 48 heavy (non-hydrogen) atoms. The van der Waals surface area contributed by atoms with Crippen LogP contribution in [0.15, 0.2) is 47.4 Å². The van der Waals surface area contributed by atoms with Gasteiger partial charge in [0.25, 0.3) is 0 Å². The predicted molar refractivity (Wildman–Crippen MR) is 207 cm³/mol. The topological polar surface area (TPSA) is 55.4 Å². The van der Waals surface area contributed by atoms with Crippen molar-refractivity contribution >= 4 is 32.6 Å². The van der Waals surface area contributed by atoms with Gasteiger partial charge in [-0.05, 0) is 78.4 Å². The van der Waals surface area contributed by atoms with Crippen LogP contribution in [0.5, 0.6) is 11.5 Å². The molecule has 1 aliphatic rings. The van der Waals surface area contributed by atoms with Gasteiger partial charge in [0.1, 0.15) is 17.8 Å². The zero-order valence-electron chi connectivity index (χ0n) is 31.1. The lowest BCUT2D eigenvalue weighted by Gasteiger charge is -2.43. The molecule has 2 aromatic carbocycles. The average molecular weight is 721 g/mol. The second-order valence-corrected chi connectivity index (χ2v) is 19.3. The number of methoxy groups -OCH3 is 2. The number of fused-ring (bicyclic) bond motifs is 1. The standard InChI is InChI=1S/C39H64O6S2Si/c1-38(2,3)27-37(45-48(7)8)42-23-25-46-24-15-13-11-9-10-12-14-16-35-34-22-21-33(44-30-41-6)26-36(34)47-28-39(35,4)31-17-19-32(20-18-31)43-29-40-5/h17-22,26,35,37,48H,9-16,23-25,27-30H2,1-8H3. The summed E-state index contributed by atoms with van der Waals surface area (Å²) in [6.07, 6.45) is 11.2. The van der Waals surface area contributed by atoms with Gasteiger partial charge in [0, 0.05) is 42.5 Å². The second-order valence-electron chi connectivity index (χ2n) is 14.7. The monoisotopic (exact) mass is 720 g/mol. The van der Waals surface area contributed by atoms with Gasteiger partial charge in [-0.25, -0.2) is 0 Å². The molecule has 1 aliphatic heterocycles. The molecule has 0 saturated heterocycles. The zero-order valence-corrected chi connectivity index (χ0v) is 33.9. The normalized spacial score (nSPS) is 18.6. The molecule has 6 nitrogen and oxygen atoms in total. The maximum atomic E-state index is 6.13. The van der Waals surface area contributed by atoms with Crippen LogP contribution in [0, 0.1) is 5.41 Å². The molecule has 0 N–H and O–H groups in total. The molecule has 0 bridgehead atoms. The Hall–Kier alpha value is -1.20. The van der Waals surface area contributed by atoms with E-state index in [2.05, 4.69) is 83.3 Å². The van der Waals surface area contributed by atoms with Gasteiger partial charge in [-0.2, -0.15) is 11.8 Å². The smallest absolute Gasteiger partial charge is 0.188 e. The molecule has 0 radical (unpaired) electrons. The minimum Gasteiger partial charge on any atom is -0.468 e. The molecule has 9 heteroatoms. The van der Waals surface area contributed by atoms with Crippen LogP contribution >= 0.6 is 23.5 Å². The van der Waals surface area contributed by atoms with E-state index in [-0.39, 0.29) is 30.7 Å². The van der Waals surface area contributed by atoms with Crippen molar-refractivity contribution in [2.45, 2.75) is 121 Å². The van der Waals surface area contributed by atoms with E-state index in [4.69, 9.17) is 28.1 Å². The Labute approximate surface area is 302 Å². The van der Waals surface area contributed by atoms with Crippen molar-refractivity contribution in [3.8, 4) is 11.5 Å². The summed E-state index contributed by atoms with van der Waals surface area (Å²) in [5.74, 6) is 5.47. The molecule has 0 amide bonds. The van der Waals surface area contributed by atoms with Gasteiger partial charge < -0.3 is 28.1 Å². The lowest BCUT2D eigenvalue weighted by atomic mass is 9.68. The van der Waals surface area contributed by atoms with Crippen molar-refractivity contribution in [3.05, 3.63) is 53.6 Å². The number of hydrogen-bond donors (Lipinski definition) is 0. The summed E-state index contributed by atoms with van der Waals surface area (Å²) in [5.41, 5.74) is 3.07. The van der Waals surface area contributed by atoms with E-state index < -0.39 is 9.04 Å². The maximum absolute atomic E-state index is 6.13. The Kier molecular flexibility index (Phi) is 18.8. The number of rotatable bonds is 24. The van der Waals surface area contributed by atoms with E-state index in [9.17, 15) is 0 Å². The lowest BCUT2D eigenvalue weighted by molar-refractivity contribution is -0.0962. The molecular weight excluding hydrogens is 657 g/mol. The predicted octanol–water partition coefficient (Wildman–Crippen LogP) is 10.4. The van der Waals surface area contributed by atoms with Crippen LogP contribution in [0.3, 0.4) is 0 Å². The van der Waals surface area contributed by atoms with Crippen molar-refractivity contribution in [3.63, 3.8) is 0 Å². The molecule has 0 aromatic heterocycles. The van der Waals surface area contributed by atoms with Gasteiger partial charge in [-0.15, -0.1) is 11.8 Å². The molecule has 3 atom stereocenters. The van der Waals surface area contributed by atoms with Gasteiger partial charge >= 0.3 is 0 Å². The zero-order chi connectivity index (χ0) is 34.8. The van der Waals surface area contributed by atoms with Gasteiger partial charge in [-0.1, -0.05) is 84.4 Å². The van der Waals surface area contributed by atoms with E-state index in [0.29, 0.717) is 5.92 Å². The highest BCUT2D eigenvalue weighted by Gasteiger charge is 2.41. The minimum atomic E-state index is -1.10. The highest BCUT2D eigenvalue weighted by molar-refractivity contribution is 7.99. The number of hydrogen-bond acceptors (Lipinski definition) is 8. The summed E-state index contributed by atoms with van der Waals surface area (Å²) in [6.45, 7) is 15.0. The van der Waals surface area contributed by atoms with Crippen molar-refractivity contribution in [1.29, 1.82) is 0 Å². The molecule has 1 heterocycles. The summed E-state index contributed by atoms with van der Waals surface area (Å²) >= 11 is 3.96. The molecule has 0 aliphatic carbocycles. The van der Waals surface area contributed by atoms with E-state index in [1.807, 2.05) is 23.5 Å². The Bertz CT molecular complexity index is 1160. The fourth-order valence-electron chi connectivity index (χ4n) is 6.36.